The molecule has 1 aliphatic heterocycles. The number of nitrogens with one attached hydrogen (secondary N) is 1. The van der Waals surface area contributed by atoms with Crippen molar-refractivity contribution < 1.29 is 14.3 Å². The second-order valence-electron chi connectivity index (χ2n) is 5.81. The molecule has 1 saturated heterocycles. The number of carboxylic acid groups (broad SMARTS) is 1. The molecule has 0 aromatic carbocycles. The maximum Gasteiger partial charge on any atom is 0.405 e. The fraction of sp³-hybridized carbons (Fsp3) is 0.385. The summed E-state index contributed by atoms with van der Waals surface area (Å²) >= 11 is 11.6. The van der Waals surface area contributed by atoms with Crippen LogP contribution in [0.2, 0.25) is 10.4 Å². The molecular formula is C13H10Cl2FN5O2. The van der Waals surface area contributed by atoms with E-state index < -0.39 is 17.4 Å². The molecule has 23 heavy (non-hydrogen) atoms. The Morgan fingerprint density at radius 2 is 2.26 bits per heavy atom. The molecule has 3 heterocycles. The average molecular weight is 358 g/mol. The third-order valence-corrected chi connectivity index (χ3v) is 4.83. The van der Waals surface area contributed by atoms with Crippen molar-refractivity contribution in [2.45, 2.75) is 12.0 Å². The van der Waals surface area contributed by atoms with Crippen molar-refractivity contribution in [2.75, 3.05) is 18.0 Å². The Morgan fingerprint density at radius 3 is 3.00 bits per heavy atom. The van der Waals surface area contributed by atoms with E-state index in [4.69, 9.17) is 28.3 Å². The van der Waals surface area contributed by atoms with Gasteiger partial charge >= 0.3 is 6.09 Å². The summed E-state index contributed by atoms with van der Waals surface area (Å²) < 4.78 is 14.1. The summed E-state index contributed by atoms with van der Waals surface area (Å²) in [6.07, 6.45) is 1.12. The van der Waals surface area contributed by atoms with E-state index in [1.165, 1.54) is 6.20 Å². The highest BCUT2D eigenvalue weighted by molar-refractivity contribution is 6.30. The van der Waals surface area contributed by atoms with Gasteiger partial charge < -0.3 is 15.3 Å². The topological polar surface area (TPSA) is 91.2 Å². The smallest absolute Gasteiger partial charge is 0.405 e. The Hall–Kier alpha value is -1.93. The number of aromatic nitrogens is 3. The van der Waals surface area contributed by atoms with Gasteiger partial charge in [-0.25, -0.2) is 19.2 Å². The van der Waals surface area contributed by atoms with Gasteiger partial charge in [-0.15, -0.1) is 0 Å². The highest BCUT2D eigenvalue weighted by Crippen LogP contribution is 2.51. The molecule has 0 bridgehead atoms. The minimum Gasteiger partial charge on any atom is -0.465 e. The first kappa shape index (κ1) is 14.6. The number of halogens is 3. The van der Waals surface area contributed by atoms with Crippen molar-refractivity contribution >= 4 is 46.0 Å². The third-order valence-electron chi connectivity index (χ3n) is 4.40. The van der Waals surface area contributed by atoms with E-state index in [1.54, 1.807) is 0 Å². The zero-order valence-corrected chi connectivity index (χ0v) is 13.1. The van der Waals surface area contributed by atoms with Gasteiger partial charge in [-0.2, -0.15) is 4.98 Å². The lowest BCUT2D eigenvalue weighted by Crippen LogP contribution is -2.41. The number of piperidine rings is 1. The molecule has 1 saturated carbocycles. The molecule has 2 atom stereocenters. The maximum absolute atomic E-state index is 14.1. The number of carbonyl (C=O) groups is 1. The van der Waals surface area contributed by atoms with Crippen LogP contribution < -0.4 is 10.2 Å². The van der Waals surface area contributed by atoms with E-state index in [-0.39, 0.29) is 21.9 Å². The zero-order chi connectivity index (χ0) is 16.4. The molecular weight excluding hydrogens is 348 g/mol. The second-order valence-corrected chi connectivity index (χ2v) is 6.51. The SMILES string of the molecule is O=C(O)N[C@@]12CC1CN(c1nc(Cl)nc3c(F)c(Cl)ncc13)C2. The lowest BCUT2D eigenvalue weighted by atomic mass is 10.2. The maximum atomic E-state index is 14.1. The molecule has 2 N–H and O–H groups in total. The molecule has 1 unspecified atom stereocenters. The van der Waals surface area contributed by atoms with Crippen LogP contribution in [-0.4, -0.2) is 44.8 Å². The van der Waals surface area contributed by atoms with Gasteiger partial charge in [-0.3, -0.25) is 0 Å². The molecule has 2 aromatic heterocycles. The van der Waals surface area contributed by atoms with Gasteiger partial charge in [-0.1, -0.05) is 11.6 Å². The highest BCUT2D eigenvalue weighted by Gasteiger charge is 2.61. The summed E-state index contributed by atoms with van der Waals surface area (Å²) in [7, 11) is 0. The quantitative estimate of drug-likeness (QED) is 0.633. The lowest BCUT2D eigenvalue weighted by molar-refractivity contribution is 0.188. The molecule has 10 heteroatoms. The number of pyridine rings is 1. The average Bonchev–Trinajstić information content (AvgIpc) is 3.01. The van der Waals surface area contributed by atoms with Gasteiger partial charge in [0.1, 0.15) is 11.3 Å². The Kier molecular flexibility index (Phi) is 3.05. The minimum atomic E-state index is -1.06. The van der Waals surface area contributed by atoms with Crippen LogP contribution in [0.25, 0.3) is 10.9 Å². The monoisotopic (exact) mass is 357 g/mol. The van der Waals surface area contributed by atoms with Gasteiger partial charge in [0.25, 0.3) is 0 Å². The summed E-state index contributed by atoms with van der Waals surface area (Å²) in [4.78, 5) is 24.7. The van der Waals surface area contributed by atoms with Crippen LogP contribution in [0.3, 0.4) is 0 Å². The van der Waals surface area contributed by atoms with E-state index in [9.17, 15) is 9.18 Å². The molecule has 2 aliphatic rings. The summed E-state index contributed by atoms with van der Waals surface area (Å²) in [5.74, 6) is -0.119. The second kappa shape index (κ2) is 4.78. The number of amides is 1. The normalized spacial score (nSPS) is 25.5. The number of hydrogen-bond acceptors (Lipinski definition) is 5. The van der Waals surface area contributed by atoms with Gasteiger partial charge in [0, 0.05) is 25.2 Å². The fourth-order valence-corrected chi connectivity index (χ4v) is 3.59. The van der Waals surface area contributed by atoms with E-state index in [2.05, 4.69) is 20.3 Å². The van der Waals surface area contributed by atoms with E-state index >= 15 is 0 Å². The minimum absolute atomic E-state index is 0.000757. The Morgan fingerprint density at radius 1 is 1.48 bits per heavy atom. The molecule has 7 nitrogen and oxygen atoms in total. The first-order valence-electron chi connectivity index (χ1n) is 6.83. The summed E-state index contributed by atoms with van der Waals surface area (Å²) in [6.45, 7) is 1.05. The Labute approximate surface area is 139 Å². The van der Waals surface area contributed by atoms with E-state index in [0.717, 1.165) is 6.42 Å². The van der Waals surface area contributed by atoms with Crippen molar-refractivity contribution in [1.29, 1.82) is 0 Å². The number of anilines is 1. The molecule has 120 valence electrons. The predicted molar refractivity (Wildman–Crippen MR) is 81.5 cm³/mol. The highest BCUT2D eigenvalue weighted by atomic mass is 35.5. The molecule has 1 amide bonds. The zero-order valence-electron chi connectivity index (χ0n) is 11.6. The Bertz CT molecular complexity index is 851. The number of nitrogens with zero attached hydrogens (tertiary/aromatic N) is 4. The predicted octanol–water partition coefficient (Wildman–Crippen LogP) is 2.32. The van der Waals surface area contributed by atoms with Crippen LogP contribution in [-0.2, 0) is 0 Å². The molecule has 1 aliphatic carbocycles. The first-order valence-corrected chi connectivity index (χ1v) is 7.58. The summed E-state index contributed by atoms with van der Waals surface area (Å²) in [5.41, 5.74) is -0.464. The number of rotatable bonds is 2. The van der Waals surface area contributed by atoms with E-state index in [0.29, 0.717) is 24.3 Å². The number of fused-ring (bicyclic) bond motifs is 2. The molecule has 2 fully saturated rings. The molecule has 0 spiro atoms. The van der Waals surface area contributed by atoms with Gasteiger partial charge in [0.05, 0.1) is 10.9 Å². The van der Waals surface area contributed by atoms with Crippen molar-refractivity contribution in [2.24, 2.45) is 5.92 Å². The van der Waals surface area contributed by atoms with Crippen LogP contribution in [0, 0.1) is 11.7 Å². The van der Waals surface area contributed by atoms with Crippen LogP contribution in [0.5, 0.6) is 0 Å². The number of hydrogen-bond donors (Lipinski definition) is 2. The first-order chi connectivity index (χ1) is 10.9. The van der Waals surface area contributed by atoms with Crippen molar-refractivity contribution in [3.63, 3.8) is 0 Å². The van der Waals surface area contributed by atoms with Crippen LogP contribution in [0.4, 0.5) is 15.0 Å². The van der Waals surface area contributed by atoms with Crippen LogP contribution in [0.15, 0.2) is 6.20 Å². The Balaban J connectivity index is 1.76. The van der Waals surface area contributed by atoms with Gasteiger partial charge in [0.15, 0.2) is 11.0 Å². The third kappa shape index (κ3) is 2.24. The summed E-state index contributed by atoms with van der Waals surface area (Å²) in [5, 5.41) is 11.5. The van der Waals surface area contributed by atoms with Crippen molar-refractivity contribution in [3.8, 4) is 0 Å². The van der Waals surface area contributed by atoms with Crippen molar-refractivity contribution in [3.05, 3.63) is 22.5 Å². The van der Waals surface area contributed by atoms with Gasteiger partial charge in [-0.05, 0) is 18.0 Å². The standard InChI is InChI=1S/C13H10Cl2FN5O2/c14-9-7(16)8-6(2-17-9)10(19-11(15)18-8)21-3-5-1-13(5,4-21)20-12(22)23/h2,5,20H,1,3-4H2,(H,22,23)/t5?,13-/m1/s1. The molecule has 2 aromatic rings. The fourth-order valence-electron chi connectivity index (χ4n) is 3.29. The van der Waals surface area contributed by atoms with E-state index in [1.807, 2.05) is 4.90 Å². The molecule has 4 rings (SSSR count). The summed E-state index contributed by atoms with van der Waals surface area (Å²) in [6, 6.07) is 0. The largest absolute Gasteiger partial charge is 0.465 e. The molecule has 0 radical (unpaired) electrons. The van der Waals surface area contributed by atoms with Crippen LogP contribution >= 0.6 is 23.2 Å². The van der Waals surface area contributed by atoms with Crippen LogP contribution in [0.1, 0.15) is 6.42 Å². The van der Waals surface area contributed by atoms with Crippen molar-refractivity contribution in [1.82, 2.24) is 20.3 Å². The lowest BCUT2D eigenvalue weighted by Gasteiger charge is -2.23. The van der Waals surface area contributed by atoms with Gasteiger partial charge in [0.2, 0.25) is 5.28 Å².